The van der Waals surface area contributed by atoms with Crippen molar-refractivity contribution in [3.8, 4) is 17.1 Å². The van der Waals surface area contributed by atoms with Gasteiger partial charge >= 0.3 is 0 Å². The van der Waals surface area contributed by atoms with Gasteiger partial charge in [-0.25, -0.2) is 18.5 Å². The molecule has 8 nitrogen and oxygen atoms in total. The van der Waals surface area contributed by atoms with Gasteiger partial charge in [0.25, 0.3) is 11.5 Å². The average Bonchev–Trinajstić information content (AvgIpc) is 3.25. The summed E-state index contributed by atoms with van der Waals surface area (Å²) in [5.74, 6) is 0.578. The number of aromatic nitrogens is 7. The lowest BCUT2D eigenvalue weighted by molar-refractivity contribution is 0.628. The first-order valence-corrected chi connectivity index (χ1v) is 8.58. The van der Waals surface area contributed by atoms with Crippen molar-refractivity contribution in [3.05, 3.63) is 70.4 Å². The minimum atomic E-state index is -0.306. The van der Waals surface area contributed by atoms with E-state index >= 15 is 0 Å². The first kappa shape index (κ1) is 16.3. The summed E-state index contributed by atoms with van der Waals surface area (Å²) in [4.78, 5) is 21.6. The topological polar surface area (TPSA) is 93.8 Å². The van der Waals surface area contributed by atoms with Crippen molar-refractivity contribution in [2.24, 2.45) is 0 Å². The molecule has 0 saturated carbocycles. The number of nitrogens with zero attached hydrogens (tertiary/aromatic N) is 6. The van der Waals surface area contributed by atoms with Gasteiger partial charge in [0.1, 0.15) is 11.6 Å². The van der Waals surface area contributed by atoms with Crippen LogP contribution in [-0.2, 0) is 0 Å². The molecule has 0 spiro atoms. The number of aromatic amines is 1. The van der Waals surface area contributed by atoms with Crippen molar-refractivity contribution in [1.82, 2.24) is 34.3 Å². The predicted octanol–water partition coefficient (Wildman–Crippen LogP) is 2.57. The third-order valence-corrected chi connectivity index (χ3v) is 4.62. The van der Waals surface area contributed by atoms with Crippen LogP contribution in [0.2, 0.25) is 0 Å². The van der Waals surface area contributed by atoms with E-state index in [9.17, 15) is 9.18 Å². The van der Waals surface area contributed by atoms with E-state index in [1.807, 2.05) is 6.92 Å². The van der Waals surface area contributed by atoms with Crippen molar-refractivity contribution in [1.29, 1.82) is 0 Å². The first-order chi connectivity index (χ1) is 13.5. The molecule has 4 aromatic heterocycles. The lowest BCUT2D eigenvalue weighted by Crippen LogP contribution is -2.20. The Hall–Kier alpha value is -3.88. The van der Waals surface area contributed by atoms with Gasteiger partial charge in [-0.2, -0.15) is 10.1 Å². The van der Waals surface area contributed by atoms with Crippen molar-refractivity contribution in [3.63, 3.8) is 0 Å². The van der Waals surface area contributed by atoms with Gasteiger partial charge in [-0.3, -0.25) is 9.89 Å². The Morgan fingerprint density at radius 1 is 1.11 bits per heavy atom. The van der Waals surface area contributed by atoms with Crippen LogP contribution < -0.4 is 5.56 Å². The Kier molecular flexibility index (Phi) is 3.38. The van der Waals surface area contributed by atoms with Crippen LogP contribution in [0.15, 0.2) is 47.5 Å². The second-order valence-electron chi connectivity index (χ2n) is 6.47. The molecule has 0 fully saturated rings. The molecule has 0 aliphatic carbocycles. The number of halogens is 1. The fourth-order valence-electron chi connectivity index (χ4n) is 3.33. The predicted molar refractivity (Wildman–Crippen MR) is 101 cm³/mol. The second kappa shape index (κ2) is 5.81. The van der Waals surface area contributed by atoms with E-state index in [2.05, 4.69) is 25.3 Å². The van der Waals surface area contributed by atoms with Crippen LogP contribution in [0, 0.1) is 19.7 Å². The summed E-state index contributed by atoms with van der Waals surface area (Å²) >= 11 is 0. The fraction of sp³-hybridized carbons (Fsp3) is 0.105. The highest BCUT2D eigenvalue weighted by Crippen LogP contribution is 2.28. The molecule has 28 heavy (non-hydrogen) atoms. The Morgan fingerprint density at radius 3 is 2.61 bits per heavy atom. The first-order valence-electron chi connectivity index (χ1n) is 8.58. The summed E-state index contributed by atoms with van der Waals surface area (Å²) < 4.78 is 16.3. The fourth-order valence-corrected chi connectivity index (χ4v) is 3.33. The molecular weight excluding hydrogens is 361 g/mol. The zero-order chi connectivity index (χ0) is 19.4. The number of H-pyrrole nitrogens is 1. The van der Waals surface area contributed by atoms with Crippen LogP contribution in [0.4, 0.5) is 4.39 Å². The van der Waals surface area contributed by atoms with Crippen molar-refractivity contribution < 1.29 is 4.39 Å². The zero-order valence-corrected chi connectivity index (χ0v) is 15.0. The average molecular weight is 375 g/mol. The molecule has 4 heterocycles. The summed E-state index contributed by atoms with van der Waals surface area (Å²) in [6.45, 7) is 3.62. The summed E-state index contributed by atoms with van der Waals surface area (Å²) in [7, 11) is 0. The van der Waals surface area contributed by atoms with E-state index in [0.717, 1.165) is 16.8 Å². The maximum absolute atomic E-state index is 13.3. The van der Waals surface area contributed by atoms with E-state index in [1.54, 1.807) is 35.8 Å². The quantitative estimate of drug-likeness (QED) is 0.512. The van der Waals surface area contributed by atoms with E-state index in [4.69, 9.17) is 0 Å². The third-order valence-electron chi connectivity index (χ3n) is 4.62. The lowest BCUT2D eigenvalue weighted by Gasteiger charge is -2.05. The van der Waals surface area contributed by atoms with Gasteiger partial charge in [-0.1, -0.05) is 12.1 Å². The number of benzene rings is 1. The molecule has 0 radical (unpaired) electrons. The summed E-state index contributed by atoms with van der Waals surface area (Å²) in [5, 5.41) is 11.7. The van der Waals surface area contributed by atoms with Crippen molar-refractivity contribution in [2.75, 3.05) is 0 Å². The Morgan fingerprint density at radius 2 is 1.89 bits per heavy atom. The standard InChI is InChI=1S/C19H14FN7O/c1-10-16(12-3-5-13(20)6-4-12)17-21-9-14-15(27(17)25-10)7-8-26(18(14)28)19-22-11(2)23-24-19/h3-9H,1-2H3,(H,22,23,24). The largest absolute Gasteiger partial charge is 0.268 e. The molecule has 0 unspecified atom stereocenters. The van der Waals surface area contributed by atoms with Crippen LogP contribution in [0.5, 0.6) is 0 Å². The molecule has 0 atom stereocenters. The molecule has 138 valence electrons. The third kappa shape index (κ3) is 2.33. The minimum Gasteiger partial charge on any atom is -0.268 e. The molecular formula is C19H14FN7O. The number of rotatable bonds is 2. The van der Waals surface area contributed by atoms with Gasteiger partial charge in [0.05, 0.1) is 16.6 Å². The van der Waals surface area contributed by atoms with Gasteiger partial charge in [0.15, 0.2) is 5.65 Å². The number of pyridine rings is 1. The van der Waals surface area contributed by atoms with Gasteiger partial charge in [0.2, 0.25) is 0 Å². The van der Waals surface area contributed by atoms with E-state index in [1.165, 1.54) is 22.9 Å². The molecule has 5 aromatic rings. The van der Waals surface area contributed by atoms with E-state index < -0.39 is 0 Å². The van der Waals surface area contributed by atoms with Gasteiger partial charge < -0.3 is 0 Å². The molecule has 0 aliphatic heterocycles. The highest BCUT2D eigenvalue weighted by atomic mass is 19.1. The maximum Gasteiger partial charge on any atom is 0.268 e. The van der Waals surface area contributed by atoms with Gasteiger partial charge in [-0.05, 0) is 37.6 Å². The summed E-state index contributed by atoms with van der Waals surface area (Å²) in [6, 6.07) is 7.95. The van der Waals surface area contributed by atoms with Crippen LogP contribution >= 0.6 is 0 Å². The Labute approximate surface area is 157 Å². The number of hydrogen-bond acceptors (Lipinski definition) is 5. The lowest BCUT2D eigenvalue weighted by atomic mass is 10.1. The normalized spacial score (nSPS) is 11.5. The minimum absolute atomic E-state index is 0.271. The van der Waals surface area contributed by atoms with Gasteiger partial charge in [-0.15, -0.1) is 5.10 Å². The van der Waals surface area contributed by atoms with Gasteiger partial charge in [0, 0.05) is 18.0 Å². The molecule has 0 bridgehead atoms. The van der Waals surface area contributed by atoms with Crippen molar-refractivity contribution in [2.45, 2.75) is 13.8 Å². The maximum atomic E-state index is 13.3. The zero-order valence-electron chi connectivity index (χ0n) is 15.0. The number of fused-ring (bicyclic) bond motifs is 3. The molecule has 0 aliphatic rings. The number of aryl methyl sites for hydroxylation is 2. The molecule has 9 heteroatoms. The second-order valence-corrected chi connectivity index (χ2v) is 6.47. The summed E-state index contributed by atoms with van der Waals surface area (Å²) in [5.41, 5.74) is 3.28. The van der Waals surface area contributed by atoms with Crippen LogP contribution in [0.3, 0.4) is 0 Å². The monoisotopic (exact) mass is 375 g/mol. The molecule has 0 amide bonds. The Bertz CT molecular complexity index is 1410. The van der Waals surface area contributed by atoms with Crippen LogP contribution in [0.1, 0.15) is 11.5 Å². The van der Waals surface area contributed by atoms with E-state index in [-0.39, 0.29) is 17.3 Å². The smallest absolute Gasteiger partial charge is 0.268 e. The van der Waals surface area contributed by atoms with Crippen molar-refractivity contribution >= 4 is 16.6 Å². The highest BCUT2D eigenvalue weighted by Gasteiger charge is 2.17. The molecule has 5 rings (SSSR count). The molecule has 1 N–H and O–H groups in total. The van der Waals surface area contributed by atoms with Crippen LogP contribution in [-0.4, -0.2) is 34.3 Å². The molecule has 1 aromatic carbocycles. The highest BCUT2D eigenvalue weighted by molar-refractivity contribution is 5.86. The van der Waals surface area contributed by atoms with E-state index in [0.29, 0.717) is 22.4 Å². The Balaban J connectivity index is 1.77. The number of nitrogens with one attached hydrogen (secondary N) is 1. The summed E-state index contributed by atoms with van der Waals surface area (Å²) in [6.07, 6.45) is 3.14. The SMILES string of the molecule is Cc1nc(-n2ccc3c(cnc4c(-c5ccc(F)cc5)c(C)nn43)c2=O)n[nH]1. The van der Waals surface area contributed by atoms with Crippen LogP contribution in [0.25, 0.3) is 33.6 Å². The molecule has 0 saturated heterocycles. The number of hydrogen-bond donors (Lipinski definition) is 1.